The van der Waals surface area contributed by atoms with Crippen LogP contribution in [-0.4, -0.2) is 28.4 Å². The maximum absolute atomic E-state index is 12.8. The van der Waals surface area contributed by atoms with Crippen LogP contribution < -0.4 is 0 Å². The van der Waals surface area contributed by atoms with Gasteiger partial charge in [-0.15, -0.1) is 0 Å². The third-order valence-electron chi connectivity index (χ3n) is 4.72. The molecule has 1 aromatic heterocycles. The van der Waals surface area contributed by atoms with Crippen molar-refractivity contribution in [1.29, 1.82) is 0 Å². The highest BCUT2D eigenvalue weighted by atomic mass is 16.5. The SMILES string of the molecule is CCOC(=O)c1[nH]c(C)c(CN(Cc2ccc(C)cc2)C(=O)C(C)C)c1C. The lowest BCUT2D eigenvalue weighted by Crippen LogP contribution is -2.33. The van der Waals surface area contributed by atoms with E-state index in [-0.39, 0.29) is 17.8 Å². The smallest absolute Gasteiger partial charge is 0.355 e. The number of esters is 1. The zero-order chi connectivity index (χ0) is 20.1. The summed E-state index contributed by atoms with van der Waals surface area (Å²) in [5.41, 5.74) is 5.45. The summed E-state index contributed by atoms with van der Waals surface area (Å²) in [6.07, 6.45) is 0. The van der Waals surface area contributed by atoms with Crippen LogP contribution in [0.2, 0.25) is 0 Å². The Kier molecular flexibility index (Phi) is 6.83. The summed E-state index contributed by atoms with van der Waals surface area (Å²) < 4.78 is 5.12. The van der Waals surface area contributed by atoms with Crippen LogP contribution in [0.5, 0.6) is 0 Å². The number of aromatic nitrogens is 1. The molecule has 1 N–H and O–H groups in total. The van der Waals surface area contributed by atoms with Crippen molar-refractivity contribution < 1.29 is 14.3 Å². The molecule has 0 spiro atoms. The lowest BCUT2D eigenvalue weighted by atomic mass is 10.1. The molecular formula is C22H30N2O3. The Morgan fingerprint density at radius 1 is 1.07 bits per heavy atom. The number of aryl methyl sites for hydroxylation is 2. The third kappa shape index (κ3) is 5.00. The predicted molar refractivity (Wildman–Crippen MR) is 106 cm³/mol. The molecule has 1 aromatic carbocycles. The van der Waals surface area contributed by atoms with Crippen LogP contribution in [0.15, 0.2) is 24.3 Å². The summed E-state index contributed by atoms with van der Waals surface area (Å²) in [4.78, 5) is 29.9. The Bertz CT molecular complexity index is 804. The number of ether oxygens (including phenoxy) is 1. The molecule has 0 aliphatic rings. The number of hydrogen-bond donors (Lipinski definition) is 1. The summed E-state index contributed by atoms with van der Waals surface area (Å²) in [5.74, 6) is -0.364. The van der Waals surface area contributed by atoms with Gasteiger partial charge in [0.05, 0.1) is 6.61 Å². The molecule has 0 unspecified atom stereocenters. The van der Waals surface area contributed by atoms with E-state index in [0.717, 1.165) is 22.4 Å². The fourth-order valence-corrected chi connectivity index (χ4v) is 3.12. The van der Waals surface area contributed by atoms with Crippen molar-refractivity contribution in [1.82, 2.24) is 9.88 Å². The number of aromatic amines is 1. The third-order valence-corrected chi connectivity index (χ3v) is 4.72. The van der Waals surface area contributed by atoms with Crippen molar-refractivity contribution in [2.24, 2.45) is 5.92 Å². The Morgan fingerprint density at radius 2 is 1.70 bits per heavy atom. The van der Waals surface area contributed by atoms with Crippen molar-refractivity contribution in [3.8, 4) is 0 Å². The number of nitrogens with zero attached hydrogens (tertiary/aromatic N) is 1. The molecule has 0 aliphatic carbocycles. The van der Waals surface area contributed by atoms with E-state index in [9.17, 15) is 9.59 Å². The van der Waals surface area contributed by atoms with Gasteiger partial charge >= 0.3 is 5.97 Å². The Morgan fingerprint density at radius 3 is 2.26 bits per heavy atom. The predicted octanol–water partition coefficient (Wildman–Crippen LogP) is 4.30. The van der Waals surface area contributed by atoms with Crippen molar-refractivity contribution >= 4 is 11.9 Å². The monoisotopic (exact) mass is 370 g/mol. The van der Waals surface area contributed by atoms with E-state index in [1.807, 2.05) is 39.5 Å². The molecule has 0 aliphatic heterocycles. The van der Waals surface area contributed by atoms with Crippen LogP contribution >= 0.6 is 0 Å². The van der Waals surface area contributed by atoms with Gasteiger partial charge in [-0.1, -0.05) is 43.7 Å². The average Bonchev–Trinajstić information content (AvgIpc) is 2.90. The maximum Gasteiger partial charge on any atom is 0.355 e. The first-order chi connectivity index (χ1) is 12.7. The molecule has 0 saturated carbocycles. The van der Waals surface area contributed by atoms with E-state index in [2.05, 4.69) is 29.2 Å². The number of amides is 1. The molecule has 0 bridgehead atoms. The second kappa shape index (κ2) is 8.89. The van der Waals surface area contributed by atoms with Gasteiger partial charge in [0.15, 0.2) is 0 Å². The maximum atomic E-state index is 12.8. The normalized spacial score (nSPS) is 10.9. The molecule has 2 rings (SSSR count). The van der Waals surface area contributed by atoms with Crippen LogP contribution in [0, 0.1) is 26.7 Å². The second-order valence-electron chi connectivity index (χ2n) is 7.28. The summed E-state index contributed by atoms with van der Waals surface area (Å²) >= 11 is 0. The number of H-pyrrole nitrogens is 1. The number of rotatable bonds is 7. The van der Waals surface area contributed by atoms with Crippen LogP contribution in [0.3, 0.4) is 0 Å². The largest absolute Gasteiger partial charge is 0.461 e. The van der Waals surface area contributed by atoms with Crippen molar-refractivity contribution in [3.05, 3.63) is 57.9 Å². The lowest BCUT2D eigenvalue weighted by molar-refractivity contribution is -0.135. The fraction of sp³-hybridized carbons (Fsp3) is 0.455. The van der Waals surface area contributed by atoms with Crippen LogP contribution in [-0.2, 0) is 22.6 Å². The van der Waals surface area contributed by atoms with Gasteiger partial charge in [-0.2, -0.15) is 0 Å². The van der Waals surface area contributed by atoms with Crippen molar-refractivity contribution in [2.75, 3.05) is 6.61 Å². The Hall–Kier alpha value is -2.56. The summed E-state index contributed by atoms with van der Waals surface area (Å²) in [5, 5.41) is 0. The molecule has 2 aromatic rings. The van der Waals surface area contributed by atoms with E-state index < -0.39 is 0 Å². The van der Waals surface area contributed by atoms with Crippen LogP contribution in [0.1, 0.15) is 59.2 Å². The number of nitrogens with one attached hydrogen (secondary N) is 1. The minimum atomic E-state index is -0.357. The lowest BCUT2D eigenvalue weighted by Gasteiger charge is -2.25. The highest BCUT2D eigenvalue weighted by Gasteiger charge is 2.23. The number of benzene rings is 1. The highest BCUT2D eigenvalue weighted by Crippen LogP contribution is 2.23. The molecule has 0 atom stereocenters. The van der Waals surface area contributed by atoms with E-state index in [1.165, 1.54) is 5.56 Å². The number of carbonyl (C=O) groups excluding carboxylic acids is 2. The molecule has 27 heavy (non-hydrogen) atoms. The van der Waals surface area contributed by atoms with Gasteiger partial charge in [-0.25, -0.2) is 4.79 Å². The van der Waals surface area contributed by atoms with Gasteiger partial charge in [-0.05, 0) is 44.4 Å². The second-order valence-corrected chi connectivity index (χ2v) is 7.28. The first-order valence-electron chi connectivity index (χ1n) is 9.44. The van der Waals surface area contributed by atoms with Crippen LogP contribution in [0.25, 0.3) is 0 Å². The molecular weight excluding hydrogens is 340 g/mol. The summed E-state index contributed by atoms with van der Waals surface area (Å²) in [6, 6.07) is 8.21. The first-order valence-corrected chi connectivity index (χ1v) is 9.44. The van der Waals surface area contributed by atoms with Crippen molar-refractivity contribution in [2.45, 2.75) is 54.6 Å². The molecule has 0 fully saturated rings. The molecule has 1 heterocycles. The summed E-state index contributed by atoms with van der Waals surface area (Å²) in [6.45, 7) is 12.8. The van der Waals surface area contributed by atoms with Gasteiger partial charge in [0.1, 0.15) is 5.69 Å². The molecule has 146 valence electrons. The zero-order valence-corrected chi connectivity index (χ0v) is 17.2. The highest BCUT2D eigenvalue weighted by molar-refractivity contribution is 5.90. The van der Waals surface area contributed by atoms with Gasteiger partial charge in [0.2, 0.25) is 5.91 Å². The van der Waals surface area contributed by atoms with Gasteiger partial charge in [0.25, 0.3) is 0 Å². The minimum Gasteiger partial charge on any atom is -0.461 e. The van der Waals surface area contributed by atoms with Crippen LogP contribution in [0.4, 0.5) is 0 Å². The Balaban J connectivity index is 2.31. The molecule has 5 nitrogen and oxygen atoms in total. The van der Waals surface area contributed by atoms with E-state index in [4.69, 9.17) is 4.74 Å². The summed E-state index contributed by atoms with van der Waals surface area (Å²) in [7, 11) is 0. The minimum absolute atomic E-state index is 0.0910. The zero-order valence-electron chi connectivity index (χ0n) is 17.2. The quantitative estimate of drug-likeness (QED) is 0.739. The van der Waals surface area contributed by atoms with Gasteiger partial charge in [-0.3, -0.25) is 4.79 Å². The Labute approximate surface area is 161 Å². The topological polar surface area (TPSA) is 62.4 Å². The molecule has 0 radical (unpaired) electrons. The molecule has 0 saturated heterocycles. The van der Waals surface area contributed by atoms with Gasteiger partial charge < -0.3 is 14.6 Å². The standard InChI is InChI=1S/C22H30N2O3/c1-7-27-22(26)20-16(5)19(17(6)23-20)13-24(21(25)14(2)3)12-18-10-8-15(4)9-11-18/h8-11,14,23H,7,12-13H2,1-6H3. The molecule has 1 amide bonds. The van der Waals surface area contributed by atoms with E-state index in [0.29, 0.717) is 25.4 Å². The molecule has 5 heteroatoms. The number of carbonyl (C=O) groups is 2. The van der Waals surface area contributed by atoms with E-state index >= 15 is 0 Å². The average molecular weight is 370 g/mol. The van der Waals surface area contributed by atoms with E-state index in [1.54, 1.807) is 6.92 Å². The number of hydrogen-bond acceptors (Lipinski definition) is 3. The first kappa shape index (κ1) is 20.7. The van der Waals surface area contributed by atoms with Crippen molar-refractivity contribution in [3.63, 3.8) is 0 Å². The fourth-order valence-electron chi connectivity index (χ4n) is 3.12. The van der Waals surface area contributed by atoms with Gasteiger partial charge in [0, 0.05) is 24.7 Å².